The normalized spacial score (nSPS) is 16.3. The average Bonchev–Trinajstić information content (AvgIpc) is 2.86. The number of nitrogens with zero attached hydrogens (tertiary/aromatic N) is 3. The van der Waals surface area contributed by atoms with Crippen molar-refractivity contribution in [2.75, 3.05) is 13.1 Å². The lowest BCUT2D eigenvalue weighted by Crippen LogP contribution is -2.43. The van der Waals surface area contributed by atoms with Gasteiger partial charge in [-0.25, -0.2) is 4.68 Å². The monoisotopic (exact) mass is 305 g/mol. The summed E-state index contributed by atoms with van der Waals surface area (Å²) in [5.41, 5.74) is 1.20. The number of aromatic nitrogens is 3. The van der Waals surface area contributed by atoms with Gasteiger partial charge in [-0.15, -0.1) is 5.10 Å². The van der Waals surface area contributed by atoms with Crippen LogP contribution in [0.3, 0.4) is 0 Å². The summed E-state index contributed by atoms with van der Waals surface area (Å²) in [6.07, 6.45) is 1.68. The molecule has 0 saturated carbocycles. The molecule has 1 amide bonds. The second kappa shape index (κ2) is 5.83. The molecule has 1 aliphatic rings. The van der Waals surface area contributed by atoms with E-state index in [2.05, 4.69) is 20.9 Å². The topological polar surface area (TPSA) is 71.8 Å². The first-order valence-electron chi connectivity index (χ1n) is 6.83. The summed E-state index contributed by atoms with van der Waals surface area (Å²) >= 11 is 6.13. The Morgan fingerprint density at radius 3 is 2.90 bits per heavy atom. The van der Waals surface area contributed by atoms with Gasteiger partial charge in [0.2, 0.25) is 0 Å². The lowest BCUT2D eigenvalue weighted by molar-refractivity contribution is 0.0934. The molecule has 1 atom stereocenters. The molecule has 1 saturated heterocycles. The molecule has 1 aliphatic heterocycles. The summed E-state index contributed by atoms with van der Waals surface area (Å²) < 4.78 is 1.73. The zero-order chi connectivity index (χ0) is 14.8. The van der Waals surface area contributed by atoms with Crippen LogP contribution in [0.15, 0.2) is 30.5 Å². The summed E-state index contributed by atoms with van der Waals surface area (Å²) in [5.74, 6) is -0.249. The number of amides is 1. The predicted octanol–water partition coefficient (Wildman–Crippen LogP) is 1.57. The van der Waals surface area contributed by atoms with Crippen molar-refractivity contribution in [2.24, 2.45) is 0 Å². The first-order valence-corrected chi connectivity index (χ1v) is 7.21. The second-order valence-electron chi connectivity index (χ2n) is 5.11. The Balaban J connectivity index is 1.68. The molecule has 2 N–H and O–H groups in total. The standard InChI is InChI=1S/C14H16ClN5O/c1-9(11-4-2-3-5-12(11)15)17-14(21)13-8-20(19-18-13)10-6-16-7-10/h2-5,8-10,16H,6-7H2,1H3,(H,17,21)/t9-/m0/s1. The maximum absolute atomic E-state index is 12.2. The quantitative estimate of drug-likeness (QED) is 0.899. The number of carbonyl (C=O) groups excluding carboxylic acids is 1. The van der Waals surface area contributed by atoms with E-state index in [1.807, 2.05) is 25.1 Å². The molecule has 1 aromatic carbocycles. The molecule has 0 bridgehead atoms. The van der Waals surface area contributed by atoms with E-state index >= 15 is 0 Å². The van der Waals surface area contributed by atoms with E-state index in [1.165, 1.54) is 0 Å². The van der Waals surface area contributed by atoms with E-state index in [4.69, 9.17) is 11.6 Å². The third-order valence-electron chi connectivity index (χ3n) is 3.60. The summed E-state index contributed by atoms with van der Waals surface area (Å²) in [6, 6.07) is 7.55. The van der Waals surface area contributed by atoms with Crippen molar-refractivity contribution in [3.63, 3.8) is 0 Å². The van der Waals surface area contributed by atoms with Crippen molar-refractivity contribution in [1.82, 2.24) is 25.6 Å². The highest BCUT2D eigenvalue weighted by Gasteiger charge is 2.22. The molecule has 1 aromatic heterocycles. The number of rotatable bonds is 4. The Kier molecular flexibility index (Phi) is 3.90. The summed E-state index contributed by atoms with van der Waals surface area (Å²) in [7, 11) is 0. The van der Waals surface area contributed by atoms with Crippen molar-refractivity contribution < 1.29 is 4.79 Å². The van der Waals surface area contributed by atoms with Crippen LogP contribution in [0.2, 0.25) is 5.02 Å². The molecule has 0 radical (unpaired) electrons. The molecule has 7 heteroatoms. The zero-order valence-corrected chi connectivity index (χ0v) is 12.3. The van der Waals surface area contributed by atoms with Gasteiger partial charge in [0.05, 0.1) is 18.3 Å². The van der Waals surface area contributed by atoms with E-state index in [0.717, 1.165) is 18.7 Å². The Morgan fingerprint density at radius 1 is 1.48 bits per heavy atom. The van der Waals surface area contributed by atoms with E-state index in [-0.39, 0.29) is 11.9 Å². The van der Waals surface area contributed by atoms with Gasteiger partial charge in [-0.2, -0.15) is 0 Å². The second-order valence-corrected chi connectivity index (χ2v) is 5.52. The van der Waals surface area contributed by atoms with E-state index in [9.17, 15) is 4.79 Å². The summed E-state index contributed by atoms with van der Waals surface area (Å²) in [4.78, 5) is 12.2. The highest BCUT2D eigenvalue weighted by Crippen LogP contribution is 2.22. The highest BCUT2D eigenvalue weighted by atomic mass is 35.5. The molecule has 1 fully saturated rings. The van der Waals surface area contributed by atoms with Gasteiger partial charge < -0.3 is 10.6 Å². The van der Waals surface area contributed by atoms with Crippen molar-refractivity contribution in [1.29, 1.82) is 0 Å². The van der Waals surface area contributed by atoms with Gasteiger partial charge in [0.15, 0.2) is 5.69 Å². The van der Waals surface area contributed by atoms with Crippen LogP contribution in [-0.4, -0.2) is 34.0 Å². The van der Waals surface area contributed by atoms with Gasteiger partial charge in [0.1, 0.15) is 0 Å². The van der Waals surface area contributed by atoms with Gasteiger partial charge in [0.25, 0.3) is 5.91 Å². The van der Waals surface area contributed by atoms with E-state index < -0.39 is 0 Å². The molecule has 21 heavy (non-hydrogen) atoms. The highest BCUT2D eigenvalue weighted by molar-refractivity contribution is 6.31. The Labute approximate surface area is 127 Å². The third-order valence-corrected chi connectivity index (χ3v) is 3.94. The molecule has 0 aliphatic carbocycles. The Hall–Kier alpha value is -1.92. The molecule has 0 spiro atoms. The Bertz CT molecular complexity index is 652. The van der Waals surface area contributed by atoms with Crippen molar-refractivity contribution >= 4 is 17.5 Å². The average molecular weight is 306 g/mol. The largest absolute Gasteiger partial charge is 0.344 e. The molecule has 0 unspecified atom stereocenters. The SMILES string of the molecule is C[C@H](NC(=O)c1cn(C2CNC2)nn1)c1ccccc1Cl. The maximum atomic E-state index is 12.2. The Morgan fingerprint density at radius 2 is 2.24 bits per heavy atom. The van der Waals surface area contributed by atoms with Gasteiger partial charge in [-0.1, -0.05) is 35.0 Å². The van der Waals surface area contributed by atoms with E-state index in [1.54, 1.807) is 16.9 Å². The molecule has 2 aromatic rings. The fourth-order valence-corrected chi connectivity index (χ4v) is 2.49. The molecular weight excluding hydrogens is 290 g/mol. The van der Waals surface area contributed by atoms with Crippen molar-refractivity contribution in [3.8, 4) is 0 Å². The lowest BCUT2D eigenvalue weighted by atomic mass is 10.1. The number of carbonyl (C=O) groups is 1. The maximum Gasteiger partial charge on any atom is 0.273 e. The summed E-state index contributed by atoms with van der Waals surface area (Å²) in [5, 5.41) is 14.6. The van der Waals surface area contributed by atoms with Crippen LogP contribution in [0.25, 0.3) is 0 Å². The van der Waals surface area contributed by atoms with Crippen molar-refractivity contribution in [3.05, 3.63) is 46.7 Å². The minimum Gasteiger partial charge on any atom is -0.344 e. The fraction of sp³-hybridized carbons (Fsp3) is 0.357. The molecule has 6 nitrogen and oxygen atoms in total. The van der Waals surface area contributed by atoms with Crippen molar-refractivity contribution in [2.45, 2.75) is 19.0 Å². The number of benzene rings is 1. The van der Waals surface area contributed by atoms with Crippen LogP contribution in [-0.2, 0) is 0 Å². The summed E-state index contributed by atoms with van der Waals surface area (Å²) in [6.45, 7) is 3.61. The molecule has 110 valence electrons. The van der Waals surface area contributed by atoms with Crippen LogP contribution < -0.4 is 10.6 Å². The first-order chi connectivity index (χ1) is 10.1. The van der Waals surface area contributed by atoms with Crippen LogP contribution in [0.4, 0.5) is 0 Å². The number of nitrogens with one attached hydrogen (secondary N) is 2. The van der Waals surface area contributed by atoms with Gasteiger partial charge in [-0.05, 0) is 18.6 Å². The van der Waals surface area contributed by atoms with Crippen LogP contribution >= 0.6 is 11.6 Å². The van der Waals surface area contributed by atoms with E-state index in [0.29, 0.717) is 16.8 Å². The minimum absolute atomic E-state index is 0.193. The fourth-order valence-electron chi connectivity index (χ4n) is 2.19. The first kappa shape index (κ1) is 14.0. The predicted molar refractivity (Wildman–Crippen MR) is 79.3 cm³/mol. The van der Waals surface area contributed by atoms with Crippen LogP contribution in [0.1, 0.15) is 35.1 Å². The van der Waals surface area contributed by atoms with Crippen LogP contribution in [0.5, 0.6) is 0 Å². The molecular formula is C14H16ClN5O. The van der Waals surface area contributed by atoms with Gasteiger partial charge in [0, 0.05) is 18.1 Å². The van der Waals surface area contributed by atoms with Crippen LogP contribution in [0, 0.1) is 0 Å². The number of hydrogen-bond donors (Lipinski definition) is 2. The smallest absolute Gasteiger partial charge is 0.273 e. The van der Waals surface area contributed by atoms with Gasteiger partial charge >= 0.3 is 0 Å². The third kappa shape index (κ3) is 2.91. The lowest BCUT2D eigenvalue weighted by Gasteiger charge is -2.26. The van der Waals surface area contributed by atoms with Gasteiger partial charge in [-0.3, -0.25) is 4.79 Å². The molecule has 2 heterocycles. The minimum atomic E-state index is -0.249. The number of halogens is 1. The zero-order valence-electron chi connectivity index (χ0n) is 11.6. The molecule has 3 rings (SSSR count). The number of hydrogen-bond acceptors (Lipinski definition) is 4.